The first kappa shape index (κ1) is 15.8. The van der Waals surface area contributed by atoms with Crippen molar-refractivity contribution >= 4 is 5.91 Å². The van der Waals surface area contributed by atoms with Gasteiger partial charge in [0.1, 0.15) is 11.6 Å². The van der Waals surface area contributed by atoms with Gasteiger partial charge in [-0.15, -0.1) is 0 Å². The number of hydrogen-bond donors (Lipinski definition) is 1. The molecular formula is C16H23FN2O2. The zero-order chi connectivity index (χ0) is 15.1. The van der Waals surface area contributed by atoms with E-state index >= 15 is 0 Å². The van der Waals surface area contributed by atoms with Crippen LogP contribution in [-0.4, -0.2) is 43.1 Å². The van der Waals surface area contributed by atoms with E-state index < -0.39 is 0 Å². The topological polar surface area (TPSA) is 41.6 Å². The highest BCUT2D eigenvalue weighted by molar-refractivity contribution is 5.76. The minimum absolute atomic E-state index is 0.132. The first-order valence-corrected chi connectivity index (χ1v) is 7.59. The Morgan fingerprint density at radius 2 is 2.19 bits per heavy atom. The second-order valence-corrected chi connectivity index (χ2v) is 5.29. The fraction of sp³-hybridized carbons (Fsp3) is 0.562. The summed E-state index contributed by atoms with van der Waals surface area (Å²) in [5, 5.41) is 3.29. The van der Waals surface area contributed by atoms with Crippen LogP contribution in [0.25, 0.3) is 0 Å². The van der Waals surface area contributed by atoms with E-state index in [4.69, 9.17) is 4.74 Å². The molecule has 1 atom stereocenters. The van der Waals surface area contributed by atoms with Gasteiger partial charge >= 0.3 is 0 Å². The number of benzene rings is 1. The lowest BCUT2D eigenvalue weighted by atomic mass is 10.2. The minimum atomic E-state index is -0.290. The molecule has 2 rings (SSSR count). The minimum Gasteiger partial charge on any atom is -0.493 e. The third-order valence-corrected chi connectivity index (χ3v) is 3.66. The van der Waals surface area contributed by atoms with Crippen LogP contribution >= 0.6 is 0 Å². The summed E-state index contributed by atoms with van der Waals surface area (Å²) in [5.74, 6) is 0.433. The highest BCUT2D eigenvalue weighted by Crippen LogP contribution is 2.13. The quantitative estimate of drug-likeness (QED) is 0.838. The molecule has 1 unspecified atom stereocenters. The molecule has 0 aromatic heterocycles. The lowest BCUT2D eigenvalue weighted by Crippen LogP contribution is -2.42. The normalized spacial score (nSPS) is 17.7. The van der Waals surface area contributed by atoms with Gasteiger partial charge in [-0.25, -0.2) is 4.39 Å². The highest BCUT2D eigenvalue weighted by Gasteiger charge is 2.25. The highest BCUT2D eigenvalue weighted by atomic mass is 19.1. The number of nitrogens with one attached hydrogen (secondary N) is 1. The summed E-state index contributed by atoms with van der Waals surface area (Å²) < 4.78 is 18.3. The van der Waals surface area contributed by atoms with Gasteiger partial charge in [0.15, 0.2) is 0 Å². The molecule has 21 heavy (non-hydrogen) atoms. The van der Waals surface area contributed by atoms with Crippen LogP contribution in [-0.2, 0) is 4.79 Å². The molecule has 0 radical (unpaired) electrons. The molecule has 0 saturated carbocycles. The van der Waals surface area contributed by atoms with Gasteiger partial charge in [0.25, 0.3) is 0 Å². The summed E-state index contributed by atoms with van der Waals surface area (Å²) in [5.41, 5.74) is 0. The second-order valence-electron chi connectivity index (χ2n) is 5.29. The molecular weight excluding hydrogens is 271 g/mol. The van der Waals surface area contributed by atoms with E-state index in [-0.39, 0.29) is 11.7 Å². The SMILES string of the molecule is CCCN(C(=O)CCOc1ccc(F)cc1)C1CCNC1. The van der Waals surface area contributed by atoms with Crippen molar-refractivity contribution in [3.8, 4) is 5.75 Å². The number of halogens is 1. The Morgan fingerprint density at radius 1 is 1.43 bits per heavy atom. The van der Waals surface area contributed by atoms with Crippen molar-refractivity contribution in [2.75, 3.05) is 26.2 Å². The number of carbonyl (C=O) groups excluding carboxylic acids is 1. The zero-order valence-electron chi connectivity index (χ0n) is 12.5. The fourth-order valence-corrected chi connectivity index (χ4v) is 2.59. The van der Waals surface area contributed by atoms with Crippen molar-refractivity contribution in [3.63, 3.8) is 0 Å². The van der Waals surface area contributed by atoms with Crippen molar-refractivity contribution in [2.24, 2.45) is 0 Å². The van der Waals surface area contributed by atoms with Gasteiger partial charge in [-0.3, -0.25) is 4.79 Å². The van der Waals surface area contributed by atoms with E-state index in [1.54, 1.807) is 12.1 Å². The summed E-state index contributed by atoms with van der Waals surface area (Å²) in [6.07, 6.45) is 2.33. The maximum atomic E-state index is 12.8. The van der Waals surface area contributed by atoms with Crippen LogP contribution in [0.2, 0.25) is 0 Å². The Kier molecular flexibility index (Phi) is 5.99. The van der Waals surface area contributed by atoms with Crippen molar-refractivity contribution in [1.29, 1.82) is 0 Å². The fourth-order valence-electron chi connectivity index (χ4n) is 2.59. The maximum absolute atomic E-state index is 12.8. The molecule has 1 aliphatic rings. The Bertz CT molecular complexity index is 444. The lowest BCUT2D eigenvalue weighted by molar-refractivity contribution is -0.133. The van der Waals surface area contributed by atoms with Gasteiger partial charge in [0.05, 0.1) is 13.0 Å². The van der Waals surface area contributed by atoms with Gasteiger partial charge in [-0.1, -0.05) is 6.92 Å². The average Bonchev–Trinajstić information content (AvgIpc) is 3.00. The first-order chi connectivity index (χ1) is 10.2. The number of rotatable bonds is 7. The van der Waals surface area contributed by atoms with E-state index in [1.807, 2.05) is 4.90 Å². The molecule has 1 saturated heterocycles. The zero-order valence-corrected chi connectivity index (χ0v) is 12.5. The number of nitrogens with zero attached hydrogens (tertiary/aromatic N) is 1. The van der Waals surface area contributed by atoms with Crippen molar-refractivity contribution in [2.45, 2.75) is 32.2 Å². The van der Waals surface area contributed by atoms with Gasteiger partial charge in [-0.2, -0.15) is 0 Å². The number of amides is 1. The van der Waals surface area contributed by atoms with E-state index in [0.717, 1.165) is 32.5 Å². The summed E-state index contributed by atoms with van der Waals surface area (Å²) in [6, 6.07) is 6.16. The standard InChI is InChI=1S/C16H23FN2O2/c1-2-10-19(14-7-9-18-12-14)16(20)8-11-21-15-5-3-13(17)4-6-15/h3-6,14,18H,2,7-12H2,1H3. The van der Waals surface area contributed by atoms with Crippen LogP contribution in [0.4, 0.5) is 4.39 Å². The molecule has 1 amide bonds. The molecule has 0 bridgehead atoms. The largest absolute Gasteiger partial charge is 0.493 e. The molecule has 0 spiro atoms. The van der Waals surface area contributed by atoms with Gasteiger partial charge in [-0.05, 0) is 43.7 Å². The molecule has 5 heteroatoms. The molecule has 1 fully saturated rings. The van der Waals surface area contributed by atoms with Crippen LogP contribution in [0.15, 0.2) is 24.3 Å². The van der Waals surface area contributed by atoms with Gasteiger partial charge in [0.2, 0.25) is 5.91 Å². The molecule has 1 heterocycles. The summed E-state index contributed by atoms with van der Waals surface area (Å²) in [4.78, 5) is 14.3. The maximum Gasteiger partial charge on any atom is 0.226 e. The predicted octanol–water partition coefficient (Wildman–Crippen LogP) is 2.20. The average molecular weight is 294 g/mol. The molecule has 4 nitrogen and oxygen atoms in total. The smallest absolute Gasteiger partial charge is 0.226 e. The van der Waals surface area contributed by atoms with Crippen LogP contribution in [0, 0.1) is 5.82 Å². The third kappa shape index (κ3) is 4.70. The Hall–Kier alpha value is -1.62. The van der Waals surface area contributed by atoms with E-state index in [1.165, 1.54) is 12.1 Å². The lowest BCUT2D eigenvalue weighted by Gasteiger charge is -2.28. The van der Waals surface area contributed by atoms with Gasteiger partial charge in [0, 0.05) is 19.1 Å². The summed E-state index contributed by atoms with van der Waals surface area (Å²) >= 11 is 0. The van der Waals surface area contributed by atoms with Crippen LogP contribution < -0.4 is 10.1 Å². The third-order valence-electron chi connectivity index (χ3n) is 3.66. The van der Waals surface area contributed by atoms with Crippen LogP contribution in [0.1, 0.15) is 26.2 Å². The Labute approximate surface area is 125 Å². The van der Waals surface area contributed by atoms with E-state index in [9.17, 15) is 9.18 Å². The van der Waals surface area contributed by atoms with E-state index in [2.05, 4.69) is 12.2 Å². The number of ether oxygens (including phenoxy) is 1. The predicted molar refractivity (Wildman–Crippen MR) is 79.8 cm³/mol. The van der Waals surface area contributed by atoms with Crippen LogP contribution in [0.3, 0.4) is 0 Å². The summed E-state index contributed by atoms with van der Waals surface area (Å²) in [7, 11) is 0. The second kappa shape index (κ2) is 7.98. The molecule has 0 aliphatic carbocycles. The molecule has 116 valence electrons. The number of hydrogen-bond acceptors (Lipinski definition) is 3. The molecule has 1 aromatic rings. The van der Waals surface area contributed by atoms with Crippen molar-refractivity contribution in [1.82, 2.24) is 10.2 Å². The number of carbonyl (C=O) groups is 1. The monoisotopic (exact) mass is 294 g/mol. The van der Waals surface area contributed by atoms with Gasteiger partial charge < -0.3 is 15.0 Å². The molecule has 1 N–H and O–H groups in total. The van der Waals surface area contributed by atoms with E-state index in [0.29, 0.717) is 24.8 Å². The Balaban J connectivity index is 1.79. The van der Waals surface area contributed by atoms with Crippen LogP contribution in [0.5, 0.6) is 5.75 Å². The van der Waals surface area contributed by atoms with Crippen molar-refractivity contribution < 1.29 is 13.9 Å². The Morgan fingerprint density at radius 3 is 2.81 bits per heavy atom. The molecule has 1 aromatic carbocycles. The first-order valence-electron chi connectivity index (χ1n) is 7.59. The molecule has 1 aliphatic heterocycles. The van der Waals surface area contributed by atoms with Crippen molar-refractivity contribution in [3.05, 3.63) is 30.1 Å². The summed E-state index contributed by atoms with van der Waals surface area (Å²) in [6.45, 7) is 5.05.